The summed E-state index contributed by atoms with van der Waals surface area (Å²) in [4.78, 5) is 19.9. The number of sulfonamides is 1. The molecule has 0 bridgehead atoms. The van der Waals surface area contributed by atoms with Crippen LogP contribution in [0.25, 0.3) is 22.2 Å². The van der Waals surface area contributed by atoms with Gasteiger partial charge in [0.1, 0.15) is 17.1 Å². The molecular weight excluding hydrogens is 552 g/mol. The zero-order valence-electron chi connectivity index (χ0n) is 23.3. The Morgan fingerprint density at radius 2 is 1.78 bits per heavy atom. The molecule has 0 N–H and O–H groups in total. The van der Waals surface area contributed by atoms with Gasteiger partial charge in [0, 0.05) is 42.9 Å². The maximum atomic E-state index is 14.3. The van der Waals surface area contributed by atoms with E-state index < -0.39 is 27.2 Å². The summed E-state index contributed by atoms with van der Waals surface area (Å²) in [5, 5.41) is 4.08. The SMILES string of the molecule is Cc1noc(C)c1-c1ccc2c(c1)nc([C@@]1(C)CCC(=O)N1c1ccc(F)c(F)c1)n2C1CCN(S(C)(=O)=O)CC1. The number of halogens is 2. The van der Waals surface area contributed by atoms with E-state index in [2.05, 4.69) is 9.72 Å². The van der Waals surface area contributed by atoms with Gasteiger partial charge in [-0.1, -0.05) is 11.2 Å². The lowest BCUT2D eigenvalue weighted by molar-refractivity contribution is -0.117. The molecule has 1 amide bonds. The molecule has 0 radical (unpaired) electrons. The number of benzene rings is 2. The Morgan fingerprint density at radius 3 is 2.41 bits per heavy atom. The van der Waals surface area contributed by atoms with Gasteiger partial charge in [0.2, 0.25) is 15.9 Å². The van der Waals surface area contributed by atoms with Crippen molar-refractivity contribution in [2.75, 3.05) is 24.2 Å². The van der Waals surface area contributed by atoms with E-state index in [9.17, 15) is 22.0 Å². The molecule has 2 saturated heterocycles. The largest absolute Gasteiger partial charge is 0.361 e. The maximum absolute atomic E-state index is 14.3. The van der Waals surface area contributed by atoms with Gasteiger partial charge in [0.25, 0.3) is 0 Å². The Kier molecular flexibility index (Phi) is 6.53. The first-order valence-corrected chi connectivity index (χ1v) is 15.4. The fourth-order valence-corrected chi connectivity index (χ4v) is 7.32. The number of nitrogens with zero attached hydrogens (tertiary/aromatic N) is 5. The van der Waals surface area contributed by atoms with Gasteiger partial charge in [-0.05, 0) is 69.9 Å². The number of aromatic nitrogens is 3. The second-order valence-corrected chi connectivity index (χ2v) is 13.2. The number of fused-ring (bicyclic) bond motifs is 1. The lowest BCUT2D eigenvalue weighted by Crippen LogP contribution is -2.45. The lowest BCUT2D eigenvalue weighted by Gasteiger charge is -2.38. The monoisotopic (exact) mass is 583 g/mol. The van der Waals surface area contributed by atoms with Crippen molar-refractivity contribution in [3.63, 3.8) is 0 Å². The molecule has 2 aromatic heterocycles. The van der Waals surface area contributed by atoms with Gasteiger partial charge in [-0.15, -0.1) is 0 Å². The van der Waals surface area contributed by atoms with Crippen molar-refractivity contribution in [3.05, 3.63) is 65.3 Å². The Bertz CT molecular complexity index is 1770. The summed E-state index contributed by atoms with van der Waals surface area (Å²) in [5.41, 5.74) is 3.38. The Labute approximate surface area is 236 Å². The van der Waals surface area contributed by atoms with E-state index in [1.54, 1.807) is 0 Å². The molecule has 6 rings (SSSR count). The van der Waals surface area contributed by atoms with Crippen LogP contribution in [0.15, 0.2) is 40.9 Å². The zero-order chi connectivity index (χ0) is 29.3. The molecule has 2 aliphatic heterocycles. The standard InChI is InChI=1S/C29H31F2N5O4S/c1-17-27(18(2)40-33-17)19-5-8-25-24(15-19)32-28(35(25)20-10-13-34(14-11-20)41(4,38)39)29(3)12-9-26(37)36(29)21-6-7-22(30)23(31)16-21/h5-8,15-16,20H,9-14H2,1-4H3/t29-/m1/s1. The lowest BCUT2D eigenvalue weighted by atomic mass is 9.95. The number of imidazole rings is 1. The van der Waals surface area contributed by atoms with Gasteiger partial charge in [-0.3, -0.25) is 9.69 Å². The second kappa shape index (κ2) is 9.73. The number of amides is 1. The first-order valence-electron chi connectivity index (χ1n) is 13.6. The van der Waals surface area contributed by atoms with Gasteiger partial charge < -0.3 is 9.09 Å². The molecule has 12 heteroatoms. The number of rotatable bonds is 5. The van der Waals surface area contributed by atoms with Crippen LogP contribution < -0.4 is 4.90 Å². The van der Waals surface area contributed by atoms with E-state index in [0.717, 1.165) is 34.5 Å². The number of anilines is 1. The van der Waals surface area contributed by atoms with Crippen molar-refractivity contribution >= 4 is 32.7 Å². The minimum Gasteiger partial charge on any atom is -0.361 e. The second-order valence-electron chi connectivity index (χ2n) is 11.2. The first-order chi connectivity index (χ1) is 19.4. The van der Waals surface area contributed by atoms with Crippen molar-refractivity contribution in [2.24, 2.45) is 0 Å². The van der Waals surface area contributed by atoms with Gasteiger partial charge in [0.15, 0.2) is 11.6 Å². The number of carbonyl (C=O) groups excluding carboxylic acids is 1. The topological polar surface area (TPSA) is 102 Å². The van der Waals surface area contributed by atoms with Gasteiger partial charge >= 0.3 is 0 Å². The summed E-state index contributed by atoms with van der Waals surface area (Å²) in [7, 11) is -3.32. The van der Waals surface area contributed by atoms with Gasteiger partial charge in [-0.2, -0.15) is 0 Å². The van der Waals surface area contributed by atoms with Crippen molar-refractivity contribution in [1.82, 2.24) is 19.0 Å². The highest BCUT2D eigenvalue weighted by Crippen LogP contribution is 2.45. The highest BCUT2D eigenvalue weighted by molar-refractivity contribution is 7.88. The highest BCUT2D eigenvalue weighted by Gasteiger charge is 2.48. The summed E-state index contributed by atoms with van der Waals surface area (Å²) in [5.74, 6) is -0.918. The smallest absolute Gasteiger partial charge is 0.227 e. The number of carbonyl (C=O) groups is 1. The van der Waals surface area contributed by atoms with E-state index in [1.807, 2.05) is 39.0 Å². The summed E-state index contributed by atoms with van der Waals surface area (Å²) < 4.78 is 61.5. The molecule has 1 atom stereocenters. The number of hydrogen-bond donors (Lipinski definition) is 0. The van der Waals surface area contributed by atoms with E-state index in [1.165, 1.54) is 21.5 Å². The Hall–Kier alpha value is -3.64. The summed E-state index contributed by atoms with van der Waals surface area (Å²) >= 11 is 0. The van der Waals surface area contributed by atoms with Crippen molar-refractivity contribution < 1.29 is 26.5 Å². The molecule has 9 nitrogen and oxygen atoms in total. The molecule has 4 aromatic rings. The molecular formula is C29H31F2N5O4S. The third-order valence-electron chi connectivity index (χ3n) is 8.48. The van der Waals surface area contributed by atoms with Gasteiger partial charge in [0.05, 0.1) is 23.0 Å². The highest BCUT2D eigenvalue weighted by atomic mass is 32.2. The number of aryl methyl sites for hydroxylation is 2. The van der Waals surface area contributed by atoms with E-state index in [4.69, 9.17) is 9.51 Å². The maximum Gasteiger partial charge on any atom is 0.227 e. The Balaban J connectivity index is 1.52. The molecule has 4 heterocycles. The van der Waals surface area contributed by atoms with Crippen LogP contribution in [0.2, 0.25) is 0 Å². The summed E-state index contributed by atoms with van der Waals surface area (Å²) in [6.45, 7) is 6.35. The third-order valence-corrected chi connectivity index (χ3v) is 9.78. The van der Waals surface area contributed by atoms with Crippen LogP contribution in [0.1, 0.15) is 55.9 Å². The van der Waals surface area contributed by atoms with Crippen LogP contribution in [-0.4, -0.2) is 52.7 Å². The summed E-state index contributed by atoms with van der Waals surface area (Å²) in [6.07, 6.45) is 2.98. The van der Waals surface area contributed by atoms with Crippen molar-refractivity contribution in [2.45, 2.75) is 58.0 Å². The average molecular weight is 584 g/mol. The minimum absolute atomic E-state index is 0.0859. The molecule has 2 aliphatic rings. The predicted molar refractivity (Wildman–Crippen MR) is 150 cm³/mol. The summed E-state index contributed by atoms with van der Waals surface area (Å²) in [6, 6.07) is 9.33. The molecule has 0 spiro atoms. The third kappa shape index (κ3) is 4.53. The predicted octanol–water partition coefficient (Wildman–Crippen LogP) is 5.23. The van der Waals surface area contributed by atoms with Crippen LogP contribution in [0.3, 0.4) is 0 Å². The Morgan fingerprint density at radius 1 is 1.05 bits per heavy atom. The van der Waals surface area contributed by atoms with Crippen molar-refractivity contribution in [3.8, 4) is 11.1 Å². The van der Waals surface area contributed by atoms with E-state index >= 15 is 0 Å². The van der Waals surface area contributed by atoms with Crippen LogP contribution in [-0.2, 0) is 20.4 Å². The molecule has 2 aromatic carbocycles. The fraction of sp³-hybridized carbons (Fsp3) is 0.414. The van der Waals surface area contributed by atoms with Crippen LogP contribution in [0, 0.1) is 25.5 Å². The zero-order valence-corrected chi connectivity index (χ0v) is 24.1. The molecule has 41 heavy (non-hydrogen) atoms. The van der Waals surface area contributed by atoms with Gasteiger partial charge in [-0.25, -0.2) is 26.5 Å². The van der Waals surface area contributed by atoms with Crippen LogP contribution in [0.4, 0.5) is 14.5 Å². The fourth-order valence-electron chi connectivity index (χ4n) is 6.44. The normalized spacial score (nSPS) is 20.9. The van der Waals surface area contributed by atoms with Crippen LogP contribution in [0.5, 0.6) is 0 Å². The van der Waals surface area contributed by atoms with E-state index in [-0.39, 0.29) is 24.1 Å². The first kappa shape index (κ1) is 27.5. The molecule has 0 unspecified atom stereocenters. The molecule has 0 aliphatic carbocycles. The average Bonchev–Trinajstić information content (AvgIpc) is 3.58. The van der Waals surface area contributed by atoms with E-state index in [0.29, 0.717) is 49.5 Å². The minimum atomic E-state index is -3.32. The number of hydrogen-bond acceptors (Lipinski definition) is 6. The van der Waals surface area contributed by atoms with Crippen molar-refractivity contribution in [1.29, 1.82) is 0 Å². The number of piperidine rings is 1. The quantitative estimate of drug-likeness (QED) is 0.319. The molecule has 216 valence electrons. The molecule has 2 fully saturated rings. The molecule has 0 saturated carbocycles. The van der Waals surface area contributed by atoms with Crippen LogP contribution >= 0.6 is 0 Å².